The fraction of sp³-hybridized carbons (Fsp3) is 0.611. The van der Waals surface area contributed by atoms with Gasteiger partial charge in [0.05, 0.1) is 0 Å². The first-order valence-electron chi connectivity index (χ1n) is 8.53. The van der Waals surface area contributed by atoms with Crippen molar-refractivity contribution in [2.45, 2.75) is 45.6 Å². The van der Waals surface area contributed by atoms with E-state index < -0.39 is 0 Å². The van der Waals surface area contributed by atoms with Gasteiger partial charge in [0.1, 0.15) is 0 Å². The van der Waals surface area contributed by atoms with Crippen molar-refractivity contribution in [3.05, 3.63) is 29.8 Å². The summed E-state index contributed by atoms with van der Waals surface area (Å²) in [7, 11) is 0. The van der Waals surface area contributed by atoms with Gasteiger partial charge in [0.2, 0.25) is 5.91 Å². The van der Waals surface area contributed by atoms with Gasteiger partial charge < -0.3 is 10.6 Å². The third kappa shape index (κ3) is 5.11. The molecule has 1 aromatic carbocycles. The third-order valence-electron chi connectivity index (χ3n) is 4.29. The molecule has 2 N–H and O–H groups in total. The van der Waals surface area contributed by atoms with Crippen LogP contribution in [-0.2, 0) is 4.79 Å². The van der Waals surface area contributed by atoms with E-state index in [1.165, 1.54) is 31.2 Å². The lowest BCUT2D eigenvalue weighted by Gasteiger charge is -2.35. The summed E-state index contributed by atoms with van der Waals surface area (Å²) < 4.78 is 0. The Bertz CT molecular complexity index is 452. The largest absolute Gasteiger partial charge is 0.326 e. The molecule has 0 aliphatic carbocycles. The van der Waals surface area contributed by atoms with Gasteiger partial charge in [-0.25, -0.2) is 0 Å². The molecule has 4 nitrogen and oxygen atoms in total. The Morgan fingerprint density at radius 2 is 1.91 bits per heavy atom. The van der Waals surface area contributed by atoms with Crippen LogP contribution in [-0.4, -0.2) is 37.0 Å². The first-order chi connectivity index (χ1) is 10.7. The number of carbonyl (C=O) groups is 1. The van der Waals surface area contributed by atoms with Crippen LogP contribution in [0.1, 0.15) is 51.1 Å². The van der Waals surface area contributed by atoms with Crippen LogP contribution < -0.4 is 10.6 Å². The molecule has 4 heteroatoms. The highest BCUT2D eigenvalue weighted by Crippen LogP contribution is 2.28. The first-order valence-corrected chi connectivity index (χ1v) is 8.53. The number of anilines is 1. The Labute approximate surface area is 134 Å². The smallest absolute Gasteiger partial charge is 0.221 e. The lowest BCUT2D eigenvalue weighted by atomic mass is 9.98. The number of nitrogens with one attached hydrogen (secondary N) is 2. The van der Waals surface area contributed by atoms with Gasteiger partial charge in [-0.05, 0) is 24.1 Å². The van der Waals surface area contributed by atoms with E-state index in [4.69, 9.17) is 0 Å². The minimum absolute atomic E-state index is 0.0191. The van der Waals surface area contributed by atoms with Crippen LogP contribution in [0.25, 0.3) is 0 Å². The zero-order chi connectivity index (χ0) is 15.8. The summed E-state index contributed by atoms with van der Waals surface area (Å²) in [6, 6.07) is 8.88. The Hall–Kier alpha value is -1.39. The summed E-state index contributed by atoms with van der Waals surface area (Å²) in [5.41, 5.74) is 2.25. The van der Waals surface area contributed by atoms with Gasteiger partial charge in [0.15, 0.2) is 0 Å². The molecule has 122 valence electrons. The molecule has 0 radical (unpaired) electrons. The number of hydrogen-bond acceptors (Lipinski definition) is 3. The highest BCUT2D eigenvalue weighted by molar-refractivity contribution is 5.88. The number of carbonyl (C=O) groups excluding carboxylic acids is 1. The van der Waals surface area contributed by atoms with Crippen molar-refractivity contribution in [2.24, 2.45) is 0 Å². The number of rotatable bonds is 7. The predicted octanol–water partition coefficient (Wildman–Crippen LogP) is 3.17. The average molecular weight is 303 g/mol. The quantitative estimate of drug-likeness (QED) is 0.761. The van der Waals surface area contributed by atoms with Gasteiger partial charge in [-0.2, -0.15) is 0 Å². The fourth-order valence-electron chi connectivity index (χ4n) is 3.13. The molecule has 1 aliphatic heterocycles. The van der Waals surface area contributed by atoms with Crippen molar-refractivity contribution in [1.29, 1.82) is 0 Å². The van der Waals surface area contributed by atoms with Crippen LogP contribution in [0.3, 0.4) is 0 Å². The van der Waals surface area contributed by atoms with Crippen molar-refractivity contribution in [3.8, 4) is 0 Å². The molecule has 1 heterocycles. The fourth-order valence-corrected chi connectivity index (χ4v) is 3.13. The second kappa shape index (κ2) is 8.91. The molecule has 22 heavy (non-hydrogen) atoms. The maximum atomic E-state index is 11.1. The molecule has 0 bridgehead atoms. The molecule has 1 saturated heterocycles. The van der Waals surface area contributed by atoms with Crippen molar-refractivity contribution >= 4 is 11.6 Å². The molecule has 0 unspecified atom stereocenters. The molecule has 0 saturated carbocycles. The van der Waals surface area contributed by atoms with Gasteiger partial charge in [0, 0.05) is 44.8 Å². The van der Waals surface area contributed by atoms with E-state index in [9.17, 15) is 4.79 Å². The van der Waals surface area contributed by atoms with E-state index in [1.54, 1.807) is 6.92 Å². The Morgan fingerprint density at radius 1 is 1.23 bits per heavy atom. The van der Waals surface area contributed by atoms with E-state index >= 15 is 0 Å². The second-order valence-electron chi connectivity index (χ2n) is 6.10. The van der Waals surface area contributed by atoms with Gasteiger partial charge >= 0.3 is 0 Å². The summed E-state index contributed by atoms with van der Waals surface area (Å²) >= 11 is 0. The second-order valence-corrected chi connectivity index (χ2v) is 6.10. The summed E-state index contributed by atoms with van der Waals surface area (Å²) in [5.74, 6) is -0.0191. The normalized spacial score (nSPS) is 17.2. The maximum Gasteiger partial charge on any atom is 0.221 e. The van der Waals surface area contributed by atoms with Crippen molar-refractivity contribution in [3.63, 3.8) is 0 Å². The van der Waals surface area contributed by atoms with E-state index in [-0.39, 0.29) is 5.91 Å². The van der Waals surface area contributed by atoms with Crippen LogP contribution in [0.5, 0.6) is 0 Å². The molecule has 0 aromatic heterocycles. The maximum absolute atomic E-state index is 11.1. The number of unbranched alkanes of at least 4 members (excludes halogenated alkanes) is 2. The molecule has 0 spiro atoms. The topological polar surface area (TPSA) is 44.4 Å². The van der Waals surface area contributed by atoms with Crippen LogP contribution in [0.15, 0.2) is 24.3 Å². The minimum Gasteiger partial charge on any atom is -0.326 e. The summed E-state index contributed by atoms with van der Waals surface area (Å²) in [4.78, 5) is 13.7. The number of benzene rings is 1. The highest BCUT2D eigenvalue weighted by atomic mass is 16.1. The van der Waals surface area contributed by atoms with Crippen molar-refractivity contribution in [1.82, 2.24) is 10.2 Å². The standard InChI is InChI=1S/C18H29N3O/c1-3-4-5-6-18(21-13-11-19-12-14-21)16-7-9-17(10-8-16)20-15(2)22/h7-10,18-19H,3-6,11-14H2,1-2H3,(H,20,22)/t18-/m0/s1. The van der Waals surface area contributed by atoms with Gasteiger partial charge in [-0.3, -0.25) is 9.69 Å². The Kier molecular flexibility index (Phi) is 6.87. The van der Waals surface area contributed by atoms with Gasteiger partial charge in [-0.1, -0.05) is 38.3 Å². The number of hydrogen-bond donors (Lipinski definition) is 2. The van der Waals surface area contributed by atoms with Gasteiger partial charge in [0.25, 0.3) is 0 Å². The number of amides is 1. The molecule has 1 aromatic rings. The lowest BCUT2D eigenvalue weighted by Crippen LogP contribution is -2.45. The molecular formula is C18H29N3O. The van der Waals surface area contributed by atoms with Crippen LogP contribution >= 0.6 is 0 Å². The van der Waals surface area contributed by atoms with E-state index in [1.807, 2.05) is 12.1 Å². The van der Waals surface area contributed by atoms with Crippen molar-refractivity contribution < 1.29 is 4.79 Å². The molecule has 1 fully saturated rings. The van der Waals surface area contributed by atoms with E-state index in [0.29, 0.717) is 6.04 Å². The first kappa shape index (κ1) is 17.0. The molecule has 2 rings (SSSR count). The summed E-state index contributed by atoms with van der Waals surface area (Å²) in [6.45, 7) is 8.18. The monoisotopic (exact) mass is 303 g/mol. The Balaban J connectivity index is 2.06. The van der Waals surface area contributed by atoms with Crippen LogP contribution in [0.2, 0.25) is 0 Å². The zero-order valence-corrected chi connectivity index (χ0v) is 13.9. The molecule has 1 atom stereocenters. The van der Waals surface area contributed by atoms with Crippen LogP contribution in [0, 0.1) is 0 Å². The highest BCUT2D eigenvalue weighted by Gasteiger charge is 2.21. The van der Waals surface area contributed by atoms with Crippen LogP contribution in [0.4, 0.5) is 5.69 Å². The SMILES string of the molecule is CCCCC[C@@H](c1ccc(NC(C)=O)cc1)N1CCNCC1. The minimum atomic E-state index is -0.0191. The molecule has 1 aliphatic rings. The zero-order valence-electron chi connectivity index (χ0n) is 13.9. The number of piperazine rings is 1. The number of nitrogens with zero attached hydrogens (tertiary/aromatic N) is 1. The van der Waals surface area contributed by atoms with Gasteiger partial charge in [-0.15, -0.1) is 0 Å². The predicted molar refractivity (Wildman–Crippen MR) is 92.1 cm³/mol. The third-order valence-corrected chi connectivity index (χ3v) is 4.29. The summed E-state index contributed by atoms with van der Waals surface area (Å²) in [6.07, 6.45) is 5.05. The molecular weight excluding hydrogens is 274 g/mol. The van der Waals surface area contributed by atoms with E-state index in [0.717, 1.165) is 31.9 Å². The lowest BCUT2D eigenvalue weighted by molar-refractivity contribution is -0.114. The Morgan fingerprint density at radius 3 is 2.50 bits per heavy atom. The average Bonchev–Trinajstić information content (AvgIpc) is 2.53. The summed E-state index contributed by atoms with van der Waals surface area (Å²) in [5, 5.41) is 6.27. The molecule has 1 amide bonds. The van der Waals surface area contributed by atoms with E-state index in [2.05, 4.69) is 34.6 Å². The van der Waals surface area contributed by atoms with Crippen molar-refractivity contribution in [2.75, 3.05) is 31.5 Å².